The van der Waals surface area contributed by atoms with Crippen molar-refractivity contribution in [3.8, 4) is 0 Å². The Morgan fingerprint density at radius 3 is 1.88 bits per heavy atom. The number of nitrogens with one attached hydrogen (secondary N) is 1. The molecule has 1 aromatic rings. The molecule has 1 amide bonds. The molecule has 0 radical (unpaired) electrons. The lowest BCUT2D eigenvalue weighted by Gasteiger charge is -2.49. The molecule has 0 aromatic heterocycles. The first-order valence-corrected chi connectivity index (χ1v) is 16.1. The molecule has 3 fully saturated rings. The second-order valence-electron chi connectivity index (χ2n) is 13.1. The van der Waals surface area contributed by atoms with Crippen molar-refractivity contribution >= 4 is 5.91 Å². The number of nitrogens with two attached hydrogens (primary N) is 2. The van der Waals surface area contributed by atoms with E-state index in [4.69, 9.17) is 35.2 Å². The molecule has 17 heteroatoms. The molecule has 3 heterocycles. The van der Waals surface area contributed by atoms with E-state index < -0.39 is 124 Å². The highest BCUT2D eigenvalue weighted by Gasteiger charge is 2.53. The van der Waals surface area contributed by atoms with Crippen molar-refractivity contribution in [1.82, 2.24) is 5.32 Å². The molecule has 48 heavy (non-hydrogen) atoms. The first kappa shape index (κ1) is 38.9. The van der Waals surface area contributed by atoms with Crippen molar-refractivity contribution in [1.29, 1.82) is 0 Å². The van der Waals surface area contributed by atoms with Crippen LogP contribution in [0, 0.1) is 5.92 Å². The number of carbonyl (C=O) groups excluding carboxylic acids is 1. The number of amides is 1. The van der Waals surface area contributed by atoms with Gasteiger partial charge in [-0.05, 0) is 30.4 Å². The van der Waals surface area contributed by atoms with E-state index in [2.05, 4.69) is 19.2 Å². The minimum Gasteiger partial charge on any atom is -0.394 e. The molecule has 3 saturated heterocycles. The molecule has 16 atom stereocenters. The zero-order valence-corrected chi connectivity index (χ0v) is 27.1. The van der Waals surface area contributed by atoms with Gasteiger partial charge in [-0.1, -0.05) is 38.1 Å². The van der Waals surface area contributed by atoms with E-state index in [-0.39, 0.29) is 0 Å². The van der Waals surface area contributed by atoms with Crippen LogP contribution in [-0.2, 0) is 34.9 Å². The van der Waals surface area contributed by atoms with Crippen LogP contribution in [0.3, 0.4) is 0 Å². The molecule has 3 aliphatic heterocycles. The highest BCUT2D eigenvalue weighted by atomic mass is 16.7. The summed E-state index contributed by atoms with van der Waals surface area (Å²) in [6, 6.07) is 3.32. The van der Waals surface area contributed by atoms with Crippen molar-refractivity contribution in [3.63, 3.8) is 0 Å². The maximum atomic E-state index is 13.7. The third-order valence-corrected chi connectivity index (χ3v) is 9.11. The second-order valence-corrected chi connectivity index (χ2v) is 13.1. The summed E-state index contributed by atoms with van der Waals surface area (Å²) in [4.78, 5) is 13.7. The normalized spacial score (nSPS) is 41.2. The highest BCUT2D eigenvalue weighted by Crippen LogP contribution is 2.32. The molecular weight excluding hydrogens is 638 g/mol. The fraction of sp³-hybridized carbons (Fsp3) is 0.774. The van der Waals surface area contributed by atoms with Gasteiger partial charge in [0.25, 0.3) is 0 Å². The van der Waals surface area contributed by atoms with E-state index in [1.165, 1.54) is 0 Å². The fourth-order valence-electron chi connectivity index (χ4n) is 6.16. The Labute approximate surface area is 278 Å². The Bertz CT molecular complexity index is 1160. The number of ether oxygens (including phenoxy) is 5. The summed E-state index contributed by atoms with van der Waals surface area (Å²) in [5.74, 6) is -0.868. The van der Waals surface area contributed by atoms with E-state index in [0.717, 1.165) is 12.0 Å². The van der Waals surface area contributed by atoms with Crippen molar-refractivity contribution in [2.24, 2.45) is 17.4 Å². The van der Waals surface area contributed by atoms with E-state index in [1.807, 2.05) is 24.3 Å². The van der Waals surface area contributed by atoms with Gasteiger partial charge in [0.05, 0.1) is 37.8 Å². The molecule has 13 N–H and O–H groups in total. The molecule has 4 rings (SSSR count). The summed E-state index contributed by atoms with van der Waals surface area (Å²) < 4.78 is 28.7. The van der Waals surface area contributed by atoms with Crippen LogP contribution in [0.15, 0.2) is 24.3 Å². The SMILES string of the molecule is CC(C)Cc1ccc(C(C)C(=O)N[C@H]2[C@H](OC3[C@@H](CO)O[C@@H](O)[C@H](N)[C@H]3O)O[C@H](CO)C(O[C@@H]3O[C@H](CO)[C@@H](O)[C@H](O)[C@H]3N)[C@@H]2O)cc1. The maximum absolute atomic E-state index is 13.7. The minimum absolute atomic E-state index is 0.437. The molecule has 0 aliphatic carbocycles. The number of carbonyl (C=O) groups is 1. The van der Waals surface area contributed by atoms with E-state index >= 15 is 0 Å². The lowest BCUT2D eigenvalue weighted by atomic mass is 9.92. The third-order valence-electron chi connectivity index (χ3n) is 9.11. The molecule has 274 valence electrons. The van der Waals surface area contributed by atoms with Gasteiger partial charge in [-0.25, -0.2) is 0 Å². The Kier molecular flexibility index (Phi) is 13.7. The number of hydrogen-bond donors (Lipinski definition) is 11. The van der Waals surface area contributed by atoms with Gasteiger partial charge in [-0.2, -0.15) is 0 Å². The predicted molar refractivity (Wildman–Crippen MR) is 165 cm³/mol. The minimum atomic E-state index is -1.73. The van der Waals surface area contributed by atoms with Crippen molar-refractivity contribution in [3.05, 3.63) is 35.4 Å². The third kappa shape index (κ3) is 8.51. The van der Waals surface area contributed by atoms with E-state index in [0.29, 0.717) is 11.5 Å². The molecule has 0 bridgehead atoms. The molecule has 1 aromatic carbocycles. The van der Waals surface area contributed by atoms with Gasteiger partial charge in [0.1, 0.15) is 61.0 Å². The number of aliphatic hydroxyl groups is 8. The van der Waals surface area contributed by atoms with Crippen molar-refractivity contribution < 1.29 is 69.3 Å². The Balaban J connectivity index is 1.61. The highest BCUT2D eigenvalue weighted by molar-refractivity contribution is 5.83. The standard InChI is InChI=1S/C31H51N3O14/c1-12(2)8-14-4-6-15(7-5-14)13(3)28(42)34-21-25(41)27(47-30-20(33)23(39)22(38)16(9-35)45-30)18(11-37)46-31(21)48-26-17(10-36)44-29(43)19(32)24(26)40/h4-7,12-13,16-27,29-31,35-41,43H,8-11,32-33H2,1-3H3,(H,34,42)/t13?,16-,17-,18-,19-,20-,21-,22-,23-,24-,25-,26?,27?,29-,30+,31+/m1/s1. The smallest absolute Gasteiger partial charge is 0.227 e. The molecule has 17 nitrogen and oxygen atoms in total. The van der Waals surface area contributed by atoms with E-state index in [1.54, 1.807) is 6.92 Å². The summed E-state index contributed by atoms with van der Waals surface area (Å²) in [6.07, 6.45) is -17.2. The average molecular weight is 690 g/mol. The van der Waals surface area contributed by atoms with Gasteiger partial charge >= 0.3 is 0 Å². The van der Waals surface area contributed by atoms with Crippen LogP contribution in [0.5, 0.6) is 0 Å². The maximum Gasteiger partial charge on any atom is 0.227 e. The Morgan fingerprint density at radius 1 is 0.750 bits per heavy atom. The molecule has 0 saturated carbocycles. The van der Waals surface area contributed by atoms with Crippen molar-refractivity contribution in [2.45, 2.75) is 125 Å². The number of hydrogen-bond acceptors (Lipinski definition) is 16. The Hall–Kier alpha value is -1.91. The first-order valence-electron chi connectivity index (χ1n) is 16.1. The van der Waals surface area contributed by atoms with Crippen LogP contribution in [-0.4, -0.2) is 159 Å². The zero-order valence-electron chi connectivity index (χ0n) is 27.1. The molecule has 3 aliphatic rings. The van der Waals surface area contributed by atoms with Gasteiger partial charge < -0.3 is 81.3 Å². The quantitative estimate of drug-likeness (QED) is 0.0986. The van der Waals surface area contributed by atoms with Gasteiger partial charge in [-0.15, -0.1) is 0 Å². The number of rotatable bonds is 12. The van der Waals surface area contributed by atoms with Crippen LogP contribution < -0.4 is 16.8 Å². The molecule has 0 spiro atoms. The Morgan fingerprint density at radius 2 is 1.29 bits per heavy atom. The molecular formula is C31H51N3O14. The lowest BCUT2D eigenvalue weighted by molar-refractivity contribution is -0.350. The lowest BCUT2D eigenvalue weighted by Crippen LogP contribution is -2.70. The zero-order chi connectivity index (χ0) is 35.4. The average Bonchev–Trinajstić information content (AvgIpc) is 3.06. The summed E-state index contributed by atoms with van der Waals surface area (Å²) in [5.41, 5.74) is 13.7. The number of aliphatic hydroxyl groups excluding tert-OH is 8. The fourth-order valence-corrected chi connectivity index (χ4v) is 6.16. The monoisotopic (exact) mass is 689 g/mol. The van der Waals surface area contributed by atoms with E-state index in [9.17, 15) is 45.6 Å². The van der Waals surface area contributed by atoms with Gasteiger partial charge in [0.2, 0.25) is 5.91 Å². The number of benzene rings is 1. The van der Waals surface area contributed by atoms with Crippen LogP contribution >= 0.6 is 0 Å². The largest absolute Gasteiger partial charge is 0.394 e. The first-order chi connectivity index (χ1) is 22.7. The van der Waals surface area contributed by atoms with Crippen LogP contribution in [0.25, 0.3) is 0 Å². The van der Waals surface area contributed by atoms with Gasteiger partial charge in [0, 0.05) is 0 Å². The summed E-state index contributed by atoms with van der Waals surface area (Å²) in [6.45, 7) is 3.66. The second kappa shape index (κ2) is 16.9. The van der Waals surface area contributed by atoms with Crippen LogP contribution in [0.1, 0.15) is 37.8 Å². The summed E-state index contributed by atoms with van der Waals surface area (Å²) >= 11 is 0. The van der Waals surface area contributed by atoms with Crippen LogP contribution in [0.4, 0.5) is 0 Å². The van der Waals surface area contributed by atoms with Gasteiger partial charge in [0.15, 0.2) is 18.9 Å². The van der Waals surface area contributed by atoms with Crippen molar-refractivity contribution in [2.75, 3.05) is 19.8 Å². The summed E-state index contributed by atoms with van der Waals surface area (Å²) in [5, 5.41) is 85.7. The molecule has 3 unspecified atom stereocenters. The summed E-state index contributed by atoms with van der Waals surface area (Å²) in [7, 11) is 0. The van der Waals surface area contributed by atoms with Crippen LogP contribution in [0.2, 0.25) is 0 Å². The predicted octanol–water partition coefficient (Wildman–Crippen LogP) is -4.51. The topological polar surface area (TPSA) is 289 Å². The van der Waals surface area contributed by atoms with Gasteiger partial charge in [-0.3, -0.25) is 4.79 Å².